The van der Waals surface area contributed by atoms with Gasteiger partial charge >= 0.3 is 0 Å². The van der Waals surface area contributed by atoms with E-state index >= 15 is 0 Å². The number of hydrogen-bond donors (Lipinski definition) is 0. The highest BCUT2D eigenvalue weighted by molar-refractivity contribution is 5.30. The highest BCUT2D eigenvalue weighted by Gasteiger charge is 1.88. The fourth-order valence-electron chi connectivity index (χ4n) is 1.46. The Hall–Kier alpha value is -0.960. The standard InChI is InChI=1S/C15H24/c1-4-6-8-9-10-11-12-14-15(3)13-7-5-2/h5,14H,2,4,6,8-12H2,1,3H3. The van der Waals surface area contributed by atoms with E-state index in [9.17, 15) is 0 Å². The fourth-order valence-corrected chi connectivity index (χ4v) is 1.46. The highest BCUT2D eigenvalue weighted by atomic mass is 13.9. The summed E-state index contributed by atoms with van der Waals surface area (Å²) in [4.78, 5) is 0. The van der Waals surface area contributed by atoms with E-state index in [-0.39, 0.29) is 0 Å². The van der Waals surface area contributed by atoms with Crippen LogP contribution >= 0.6 is 0 Å². The molecule has 84 valence electrons. The van der Waals surface area contributed by atoms with Crippen LogP contribution in [0.3, 0.4) is 0 Å². The van der Waals surface area contributed by atoms with Crippen molar-refractivity contribution in [2.24, 2.45) is 0 Å². The number of allylic oxidation sites excluding steroid dienone is 3. The van der Waals surface area contributed by atoms with E-state index in [2.05, 4.69) is 38.3 Å². The predicted octanol–water partition coefficient (Wildman–Crippen LogP) is 4.87. The van der Waals surface area contributed by atoms with E-state index in [0.29, 0.717) is 0 Å². The number of unbranched alkanes of at least 4 members (excludes halogenated alkanes) is 6. The zero-order chi connectivity index (χ0) is 11.4. The topological polar surface area (TPSA) is 0 Å². The fraction of sp³-hybridized carbons (Fsp3) is 0.600. The SMILES string of the molecule is C=CC#CC(C)=CCCCCCCCC. The third kappa shape index (κ3) is 11.0. The number of hydrogen-bond acceptors (Lipinski definition) is 0. The Morgan fingerprint density at radius 2 is 1.80 bits per heavy atom. The molecule has 0 nitrogen and oxygen atoms in total. The van der Waals surface area contributed by atoms with Gasteiger partial charge < -0.3 is 0 Å². The lowest BCUT2D eigenvalue weighted by molar-refractivity contribution is 0.611. The van der Waals surface area contributed by atoms with E-state index in [0.717, 1.165) is 0 Å². The van der Waals surface area contributed by atoms with Crippen LogP contribution in [0.5, 0.6) is 0 Å². The minimum absolute atomic E-state index is 1.17. The van der Waals surface area contributed by atoms with Gasteiger partial charge in [-0.05, 0) is 31.4 Å². The van der Waals surface area contributed by atoms with Gasteiger partial charge in [-0.15, -0.1) is 0 Å². The van der Waals surface area contributed by atoms with Crippen LogP contribution in [0.25, 0.3) is 0 Å². The molecule has 0 saturated carbocycles. The predicted molar refractivity (Wildman–Crippen MR) is 69.7 cm³/mol. The van der Waals surface area contributed by atoms with Gasteiger partial charge in [0.15, 0.2) is 0 Å². The largest absolute Gasteiger partial charge is 0.0906 e. The smallest absolute Gasteiger partial charge is 0.00471 e. The Labute approximate surface area is 95.5 Å². The van der Waals surface area contributed by atoms with Crippen LogP contribution in [0.15, 0.2) is 24.3 Å². The second-order valence-electron chi connectivity index (χ2n) is 3.92. The van der Waals surface area contributed by atoms with Gasteiger partial charge in [-0.2, -0.15) is 0 Å². The molecule has 0 N–H and O–H groups in total. The molecular formula is C15H24. The van der Waals surface area contributed by atoms with Crippen molar-refractivity contribution in [1.82, 2.24) is 0 Å². The van der Waals surface area contributed by atoms with Crippen LogP contribution in [-0.4, -0.2) is 0 Å². The summed E-state index contributed by atoms with van der Waals surface area (Å²) < 4.78 is 0. The molecule has 0 radical (unpaired) electrons. The average Bonchev–Trinajstić information content (AvgIpc) is 2.25. The Balaban J connectivity index is 3.40. The molecule has 0 atom stereocenters. The maximum atomic E-state index is 3.57. The molecule has 0 aromatic rings. The molecular weight excluding hydrogens is 180 g/mol. The summed E-state index contributed by atoms with van der Waals surface area (Å²) in [7, 11) is 0. The van der Waals surface area contributed by atoms with Gasteiger partial charge in [-0.3, -0.25) is 0 Å². The second kappa shape index (κ2) is 11.1. The monoisotopic (exact) mass is 204 g/mol. The van der Waals surface area contributed by atoms with Crippen molar-refractivity contribution in [3.63, 3.8) is 0 Å². The summed E-state index contributed by atoms with van der Waals surface area (Å²) in [6.07, 6.45) is 13.2. The quantitative estimate of drug-likeness (QED) is 0.410. The van der Waals surface area contributed by atoms with Gasteiger partial charge in [-0.25, -0.2) is 0 Å². The molecule has 0 aliphatic heterocycles. The minimum Gasteiger partial charge on any atom is -0.0906 e. The third-order valence-corrected chi connectivity index (χ3v) is 2.38. The molecule has 0 aliphatic rings. The molecule has 0 bridgehead atoms. The Morgan fingerprint density at radius 3 is 2.47 bits per heavy atom. The molecule has 0 aliphatic carbocycles. The van der Waals surface area contributed by atoms with Gasteiger partial charge in [0, 0.05) is 0 Å². The molecule has 0 aromatic heterocycles. The first kappa shape index (κ1) is 14.0. The minimum atomic E-state index is 1.17. The lowest BCUT2D eigenvalue weighted by Crippen LogP contribution is -1.78. The first-order valence-corrected chi connectivity index (χ1v) is 6.10. The van der Waals surface area contributed by atoms with E-state index < -0.39 is 0 Å². The molecule has 0 saturated heterocycles. The average molecular weight is 204 g/mol. The molecule has 0 fully saturated rings. The normalized spacial score (nSPS) is 10.7. The first-order valence-electron chi connectivity index (χ1n) is 6.10. The Morgan fingerprint density at radius 1 is 1.13 bits per heavy atom. The zero-order valence-electron chi connectivity index (χ0n) is 10.3. The summed E-state index contributed by atoms with van der Waals surface area (Å²) in [5.74, 6) is 5.90. The van der Waals surface area contributed by atoms with E-state index in [1.165, 1.54) is 50.5 Å². The van der Waals surface area contributed by atoms with Gasteiger partial charge in [-0.1, -0.05) is 63.5 Å². The molecule has 0 heteroatoms. The van der Waals surface area contributed by atoms with E-state index in [1.54, 1.807) is 6.08 Å². The molecule has 0 rings (SSSR count). The van der Waals surface area contributed by atoms with Gasteiger partial charge in [0.1, 0.15) is 0 Å². The van der Waals surface area contributed by atoms with Gasteiger partial charge in [0.25, 0.3) is 0 Å². The van der Waals surface area contributed by atoms with Gasteiger partial charge in [0.2, 0.25) is 0 Å². The first-order chi connectivity index (χ1) is 7.31. The summed E-state index contributed by atoms with van der Waals surface area (Å²) in [6.45, 7) is 7.89. The van der Waals surface area contributed by atoms with Crippen LogP contribution in [0.4, 0.5) is 0 Å². The van der Waals surface area contributed by atoms with Crippen molar-refractivity contribution in [1.29, 1.82) is 0 Å². The van der Waals surface area contributed by atoms with Crippen molar-refractivity contribution >= 4 is 0 Å². The maximum absolute atomic E-state index is 3.57. The van der Waals surface area contributed by atoms with Crippen LogP contribution in [0.1, 0.15) is 58.8 Å². The molecule has 0 amide bonds. The highest BCUT2D eigenvalue weighted by Crippen LogP contribution is 2.08. The van der Waals surface area contributed by atoms with Gasteiger partial charge in [0.05, 0.1) is 0 Å². The van der Waals surface area contributed by atoms with Crippen molar-refractivity contribution in [3.05, 3.63) is 24.3 Å². The lowest BCUT2D eigenvalue weighted by atomic mass is 10.1. The van der Waals surface area contributed by atoms with Crippen molar-refractivity contribution < 1.29 is 0 Å². The summed E-state index contributed by atoms with van der Waals surface area (Å²) in [5, 5.41) is 0. The molecule has 0 heterocycles. The lowest BCUT2D eigenvalue weighted by Gasteiger charge is -1.97. The third-order valence-electron chi connectivity index (χ3n) is 2.38. The zero-order valence-corrected chi connectivity index (χ0v) is 10.3. The van der Waals surface area contributed by atoms with Crippen LogP contribution < -0.4 is 0 Å². The molecule has 15 heavy (non-hydrogen) atoms. The Bertz CT molecular complexity index is 234. The van der Waals surface area contributed by atoms with E-state index in [4.69, 9.17) is 0 Å². The number of rotatable bonds is 7. The Kier molecular flexibility index (Phi) is 10.4. The van der Waals surface area contributed by atoms with E-state index in [1.807, 2.05) is 0 Å². The van der Waals surface area contributed by atoms with Crippen molar-refractivity contribution in [3.8, 4) is 11.8 Å². The summed E-state index contributed by atoms with van der Waals surface area (Å²) in [6, 6.07) is 0. The molecule has 0 aromatic carbocycles. The van der Waals surface area contributed by atoms with Crippen LogP contribution in [0, 0.1) is 11.8 Å². The van der Waals surface area contributed by atoms with Crippen molar-refractivity contribution in [2.75, 3.05) is 0 Å². The maximum Gasteiger partial charge on any atom is -0.00471 e. The van der Waals surface area contributed by atoms with Crippen molar-refractivity contribution in [2.45, 2.75) is 58.8 Å². The van der Waals surface area contributed by atoms with Crippen LogP contribution in [-0.2, 0) is 0 Å². The summed E-state index contributed by atoms with van der Waals surface area (Å²) in [5.41, 5.74) is 1.17. The molecule has 0 spiro atoms. The second-order valence-corrected chi connectivity index (χ2v) is 3.92. The van der Waals surface area contributed by atoms with Crippen LogP contribution in [0.2, 0.25) is 0 Å². The molecule has 0 unspecified atom stereocenters. The summed E-state index contributed by atoms with van der Waals surface area (Å²) >= 11 is 0.